The van der Waals surface area contributed by atoms with E-state index in [0.717, 1.165) is 0 Å². The summed E-state index contributed by atoms with van der Waals surface area (Å²) in [6, 6.07) is 0. The molecule has 0 bridgehead atoms. The van der Waals surface area contributed by atoms with Crippen LogP contribution in [0.4, 0.5) is 0 Å². The van der Waals surface area contributed by atoms with Crippen LogP contribution in [0.5, 0.6) is 0 Å². The zero-order valence-corrected chi connectivity index (χ0v) is 15.1. The van der Waals surface area contributed by atoms with Crippen molar-refractivity contribution in [1.82, 2.24) is 0 Å². The summed E-state index contributed by atoms with van der Waals surface area (Å²) in [7, 11) is 0. The van der Waals surface area contributed by atoms with Crippen molar-refractivity contribution < 1.29 is 20.2 Å². The molecule has 0 unspecified atom stereocenters. The molecule has 3 N–H and O–H groups in total. The first-order valence-electron chi connectivity index (χ1n) is 8.47. The highest BCUT2D eigenvalue weighted by atomic mass is 16.4. The molecule has 0 spiro atoms. The number of aliphatic hydroxyl groups is 2. The van der Waals surface area contributed by atoms with E-state index >= 15 is 0 Å². The van der Waals surface area contributed by atoms with Crippen molar-refractivity contribution in [3.63, 3.8) is 0 Å². The zero-order valence-electron chi connectivity index (χ0n) is 15.1. The minimum absolute atomic E-state index is 0.104. The van der Waals surface area contributed by atoms with E-state index in [1.807, 2.05) is 32.9 Å². The first-order valence-corrected chi connectivity index (χ1v) is 8.47. The minimum atomic E-state index is -1.13. The molecule has 0 aliphatic heterocycles. The third-order valence-electron chi connectivity index (χ3n) is 6.08. The number of fused-ring (bicyclic) bond motifs is 2. The van der Waals surface area contributed by atoms with Gasteiger partial charge in [0, 0.05) is 28.4 Å². The second-order valence-corrected chi connectivity index (χ2v) is 8.37. The van der Waals surface area contributed by atoms with E-state index in [-0.39, 0.29) is 17.8 Å². The van der Waals surface area contributed by atoms with Gasteiger partial charge < -0.3 is 15.4 Å². The summed E-state index contributed by atoms with van der Waals surface area (Å²) in [5, 5.41) is 34.8. The van der Waals surface area contributed by atoms with Crippen molar-refractivity contribution in [3.05, 3.63) is 47.3 Å². The summed E-state index contributed by atoms with van der Waals surface area (Å²) in [6.45, 7) is 11.4. The number of nitrogens with zero attached hydrogens (tertiary/aromatic N) is 1. The molecule has 3 rings (SSSR count). The standard InChI is InChI=1S/C20H25NO4/c1-6-19(4)10-11(21-25)13-12(17(19)24)14(22)15(23)16-18(2,3)8-7-9-20(13,16)5/h6-7,9,17,23-25H,1,8,10H2,2-5H3/b21-11+/t17-,19+,20+/m0/s1. The van der Waals surface area contributed by atoms with Gasteiger partial charge in [0.05, 0.1) is 11.8 Å². The molecule has 0 saturated carbocycles. The summed E-state index contributed by atoms with van der Waals surface area (Å²) < 4.78 is 0. The van der Waals surface area contributed by atoms with Crippen LogP contribution < -0.4 is 0 Å². The molecular weight excluding hydrogens is 318 g/mol. The summed E-state index contributed by atoms with van der Waals surface area (Å²) in [6.07, 6.45) is 5.34. The first-order chi connectivity index (χ1) is 11.5. The highest BCUT2D eigenvalue weighted by Gasteiger charge is 2.56. The molecule has 0 fully saturated rings. The maximum Gasteiger partial charge on any atom is 0.226 e. The van der Waals surface area contributed by atoms with Gasteiger partial charge in [-0.15, -0.1) is 6.58 Å². The Balaban J connectivity index is 2.38. The molecule has 0 aromatic heterocycles. The summed E-state index contributed by atoms with van der Waals surface area (Å²) in [4.78, 5) is 13.0. The Bertz CT molecular complexity index is 799. The predicted molar refractivity (Wildman–Crippen MR) is 95.5 cm³/mol. The van der Waals surface area contributed by atoms with Gasteiger partial charge in [0.2, 0.25) is 5.78 Å². The molecule has 0 saturated heterocycles. The fraction of sp³-hybridized carbons (Fsp3) is 0.500. The number of allylic oxidation sites excluding steroid dienone is 5. The maximum absolute atomic E-state index is 13.0. The van der Waals surface area contributed by atoms with Gasteiger partial charge in [0.1, 0.15) is 0 Å². The highest BCUT2D eigenvalue weighted by molar-refractivity contribution is 6.19. The fourth-order valence-electron chi connectivity index (χ4n) is 4.75. The summed E-state index contributed by atoms with van der Waals surface area (Å²) >= 11 is 0. The number of hydrogen-bond acceptors (Lipinski definition) is 5. The molecule has 0 aromatic rings. The van der Waals surface area contributed by atoms with Crippen molar-refractivity contribution >= 4 is 11.5 Å². The largest absolute Gasteiger partial charge is 0.504 e. The number of carbonyl (C=O) groups is 1. The Hall–Kier alpha value is -2.14. The van der Waals surface area contributed by atoms with Crippen LogP contribution in [0.15, 0.2) is 52.4 Å². The SMILES string of the molecule is C=C[C@]1(C)C/C(=N\O)C2=C(C(=O)C(O)=C3C(C)(C)CC=C[C@]23C)[C@@H]1O. The van der Waals surface area contributed by atoms with E-state index in [2.05, 4.69) is 11.7 Å². The van der Waals surface area contributed by atoms with Gasteiger partial charge in [-0.3, -0.25) is 4.79 Å². The Labute approximate surface area is 147 Å². The van der Waals surface area contributed by atoms with E-state index < -0.39 is 28.1 Å². The molecule has 0 aromatic carbocycles. The molecule has 0 heterocycles. The van der Waals surface area contributed by atoms with Gasteiger partial charge in [-0.2, -0.15) is 0 Å². The predicted octanol–water partition coefficient (Wildman–Crippen LogP) is 3.46. The summed E-state index contributed by atoms with van der Waals surface area (Å²) in [5.41, 5.74) is -0.506. The number of oxime groups is 1. The normalized spacial score (nSPS) is 38.7. The van der Waals surface area contributed by atoms with Crippen molar-refractivity contribution in [1.29, 1.82) is 0 Å². The second kappa shape index (κ2) is 5.18. The van der Waals surface area contributed by atoms with Crippen LogP contribution in [-0.2, 0) is 4.79 Å². The zero-order chi connectivity index (χ0) is 18.8. The number of rotatable bonds is 1. The topological polar surface area (TPSA) is 90.1 Å². The van der Waals surface area contributed by atoms with Gasteiger partial charge in [-0.25, -0.2) is 0 Å². The number of Topliss-reactive ketones (excluding diaryl/α,β-unsaturated/α-hetero) is 1. The molecular formula is C20H25NO4. The molecule has 3 aliphatic rings. The molecule has 3 atom stereocenters. The summed E-state index contributed by atoms with van der Waals surface area (Å²) in [5.74, 6) is -0.896. The van der Waals surface area contributed by atoms with E-state index in [1.165, 1.54) is 0 Å². The maximum atomic E-state index is 13.0. The van der Waals surface area contributed by atoms with Crippen molar-refractivity contribution in [2.24, 2.45) is 21.4 Å². The van der Waals surface area contributed by atoms with E-state index in [4.69, 9.17) is 0 Å². The quantitative estimate of drug-likeness (QED) is 0.386. The van der Waals surface area contributed by atoms with Crippen LogP contribution in [0.2, 0.25) is 0 Å². The monoisotopic (exact) mass is 343 g/mol. The van der Waals surface area contributed by atoms with Crippen LogP contribution in [0.1, 0.15) is 40.5 Å². The van der Waals surface area contributed by atoms with Crippen LogP contribution in [0.25, 0.3) is 0 Å². The molecule has 5 nitrogen and oxygen atoms in total. The average molecular weight is 343 g/mol. The smallest absolute Gasteiger partial charge is 0.226 e. The number of carbonyl (C=O) groups excluding carboxylic acids is 1. The van der Waals surface area contributed by atoms with E-state index in [9.17, 15) is 20.2 Å². The van der Waals surface area contributed by atoms with Gasteiger partial charge in [-0.05, 0) is 24.3 Å². The van der Waals surface area contributed by atoms with E-state index in [1.54, 1.807) is 13.0 Å². The molecule has 0 amide bonds. The average Bonchev–Trinajstić information content (AvgIpc) is 2.54. The number of aliphatic hydroxyl groups excluding tert-OH is 2. The van der Waals surface area contributed by atoms with Crippen LogP contribution in [0.3, 0.4) is 0 Å². The molecule has 25 heavy (non-hydrogen) atoms. The Kier molecular flexibility index (Phi) is 3.66. The van der Waals surface area contributed by atoms with Gasteiger partial charge in [0.25, 0.3) is 0 Å². The van der Waals surface area contributed by atoms with Crippen molar-refractivity contribution in [3.8, 4) is 0 Å². The third kappa shape index (κ3) is 2.11. The molecule has 3 aliphatic carbocycles. The molecule has 0 radical (unpaired) electrons. The van der Waals surface area contributed by atoms with Crippen LogP contribution >= 0.6 is 0 Å². The Morgan fingerprint density at radius 2 is 1.96 bits per heavy atom. The van der Waals surface area contributed by atoms with Gasteiger partial charge in [0.15, 0.2) is 5.76 Å². The third-order valence-corrected chi connectivity index (χ3v) is 6.08. The molecule has 5 heteroatoms. The highest BCUT2D eigenvalue weighted by Crippen LogP contribution is 2.58. The second-order valence-electron chi connectivity index (χ2n) is 8.37. The lowest BCUT2D eigenvalue weighted by Crippen LogP contribution is -2.50. The fourth-order valence-corrected chi connectivity index (χ4v) is 4.75. The van der Waals surface area contributed by atoms with E-state index in [0.29, 0.717) is 23.3 Å². The van der Waals surface area contributed by atoms with Crippen molar-refractivity contribution in [2.45, 2.75) is 46.6 Å². The van der Waals surface area contributed by atoms with Crippen LogP contribution in [-0.4, -0.2) is 33.0 Å². The van der Waals surface area contributed by atoms with Gasteiger partial charge in [-0.1, -0.05) is 44.2 Å². The Morgan fingerprint density at radius 1 is 1.32 bits per heavy atom. The first kappa shape index (κ1) is 17.7. The number of hydrogen-bond donors (Lipinski definition) is 3. The van der Waals surface area contributed by atoms with Crippen molar-refractivity contribution in [2.75, 3.05) is 0 Å². The lowest BCUT2D eigenvalue weighted by Gasteiger charge is -2.50. The number of ketones is 1. The minimum Gasteiger partial charge on any atom is -0.504 e. The van der Waals surface area contributed by atoms with Gasteiger partial charge >= 0.3 is 0 Å². The van der Waals surface area contributed by atoms with Crippen LogP contribution in [0, 0.1) is 16.2 Å². The lowest BCUT2D eigenvalue weighted by atomic mass is 9.53. The molecule has 134 valence electrons. The Morgan fingerprint density at radius 3 is 2.52 bits per heavy atom. The lowest BCUT2D eigenvalue weighted by molar-refractivity contribution is -0.117.